The van der Waals surface area contributed by atoms with Crippen LogP contribution in [0.2, 0.25) is 0 Å². The van der Waals surface area contributed by atoms with Crippen molar-refractivity contribution in [2.75, 3.05) is 0 Å². The maximum Gasteiger partial charge on any atom is 0.317 e. The molecule has 0 amide bonds. The number of carbonyl (C=O) groups excluding carboxylic acids is 1. The molecule has 1 aromatic rings. The van der Waals surface area contributed by atoms with Crippen LogP contribution in [-0.4, -0.2) is 26.6 Å². The average molecular weight is 236 g/mol. The molecule has 1 heterocycles. The van der Waals surface area contributed by atoms with Crippen molar-refractivity contribution in [3.63, 3.8) is 0 Å². The summed E-state index contributed by atoms with van der Waals surface area (Å²) in [5.41, 5.74) is -0.411. The summed E-state index contributed by atoms with van der Waals surface area (Å²) in [5.74, 6) is -1.13. The molecule has 5 heteroatoms. The van der Waals surface area contributed by atoms with E-state index >= 15 is 0 Å². The van der Waals surface area contributed by atoms with E-state index in [1.165, 1.54) is 0 Å². The zero-order chi connectivity index (χ0) is 12.5. The van der Waals surface area contributed by atoms with Gasteiger partial charge in [-0.05, 0) is 24.8 Å². The van der Waals surface area contributed by atoms with Gasteiger partial charge in [0.25, 0.3) is 0 Å². The van der Waals surface area contributed by atoms with E-state index in [1.54, 1.807) is 24.1 Å². The van der Waals surface area contributed by atoms with Gasteiger partial charge in [-0.25, -0.2) is 0 Å². The standard InChI is InChI=1S/C12H16N2O3/c1-14-8-9(7-13-14)6-12(11(16)17)5-3-2-4-10(12)15/h7-8H,2-6H2,1H3,(H,16,17). The number of Topliss-reactive ketones (excluding diaryl/α,β-unsaturated/α-hetero) is 1. The third kappa shape index (κ3) is 2.09. The lowest BCUT2D eigenvalue weighted by molar-refractivity contribution is -0.157. The molecule has 1 atom stereocenters. The Morgan fingerprint density at radius 1 is 1.59 bits per heavy atom. The molecule has 1 fully saturated rings. The van der Waals surface area contributed by atoms with Gasteiger partial charge in [-0.15, -0.1) is 0 Å². The number of aromatic nitrogens is 2. The minimum atomic E-state index is -1.22. The summed E-state index contributed by atoms with van der Waals surface area (Å²) >= 11 is 0. The Kier molecular flexibility index (Phi) is 3.00. The minimum absolute atomic E-state index is 0.139. The molecule has 0 radical (unpaired) electrons. The molecule has 0 bridgehead atoms. The largest absolute Gasteiger partial charge is 0.480 e. The van der Waals surface area contributed by atoms with Crippen LogP contribution in [0.15, 0.2) is 12.4 Å². The lowest BCUT2D eigenvalue weighted by Crippen LogP contribution is -2.43. The molecule has 2 rings (SSSR count). The van der Waals surface area contributed by atoms with Crippen molar-refractivity contribution in [2.24, 2.45) is 12.5 Å². The summed E-state index contributed by atoms with van der Waals surface area (Å²) in [6, 6.07) is 0. The van der Waals surface area contributed by atoms with Gasteiger partial charge in [0.05, 0.1) is 6.20 Å². The Morgan fingerprint density at radius 3 is 2.88 bits per heavy atom. The third-order valence-electron chi connectivity index (χ3n) is 3.46. The van der Waals surface area contributed by atoms with Crippen LogP contribution in [0.25, 0.3) is 0 Å². The summed E-state index contributed by atoms with van der Waals surface area (Å²) < 4.78 is 1.62. The topological polar surface area (TPSA) is 72.2 Å². The predicted molar refractivity (Wildman–Crippen MR) is 60.5 cm³/mol. The van der Waals surface area contributed by atoms with Crippen molar-refractivity contribution < 1.29 is 14.7 Å². The SMILES string of the molecule is Cn1cc(CC2(C(=O)O)CCCCC2=O)cn1. The molecule has 5 nitrogen and oxygen atoms in total. The van der Waals surface area contributed by atoms with Crippen molar-refractivity contribution in [3.8, 4) is 0 Å². The smallest absolute Gasteiger partial charge is 0.317 e. The van der Waals surface area contributed by atoms with Crippen LogP contribution < -0.4 is 0 Å². The second-order valence-corrected chi connectivity index (χ2v) is 4.72. The first-order chi connectivity index (χ1) is 8.04. The molecule has 1 saturated carbocycles. The van der Waals surface area contributed by atoms with Crippen molar-refractivity contribution in [1.29, 1.82) is 0 Å². The average Bonchev–Trinajstić information content (AvgIpc) is 2.67. The van der Waals surface area contributed by atoms with Gasteiger partial charge in [0.15, 0.2) is 5.78 Å². The Bertz CT molecular complexity index is 452. The van der Waals surface area contributed by atoms with Gasteiger partial charge in [-0.1, -0.05) is 6.42 Å². The van der Waals surface area contributed by atoms with E-state index in [1.807, 2.05) is 0 Å². The molecule has 1 aliphatic rings. The first-order valence-electron chi connectivity index (χ1n) is 5.79. The summed E-state index contributed by atoms with van der Waals surface area (Å²) in [4.78, 5) is 23.4. The highest BCUT2D eigenvalue weighted by molar-refractivity contribution is 6.03. The van der Waals surface area contributed by atoms with Crippen LogP contribution in [0.4, 0.5) is 0 Å². The highest BCUT2D eigenvalue weighted by atomic mass is 16.4. The minimum Gasteiger partial charge on any atom is -0.480 e. The maximum absolute atomic E-state index is 12.0. The number of carboxylic acid groups (broad SMARTS) is 1. The monoisotopic (exact) mass is 236 g/mol. The second kappa shape index (κ2) is 4.31. The number of hydrogen-bond donors (Lipinski definition) is 1. The number of nitrogens with zero attached hydrogens (tertiary/aromatic N) is 2. The number of ketones is 1. The van der Waals surface area contributed by atoms with E-state index in [9.17, 15) is 14.7 Å². The van der Waals surface area contributed by atoms with Gasteiger partial charge in [0, 0.05) is 19.7 Å². The first kappa shape index (κ1) is 11.8. The van der Waals surface area contributed by atoms with Crippen molar-refractivity contribution >= 4 is 11.8 Å². The van der Waals surface area contributed by atoms with Crippen LogP contribution in [-0.2, 0) is 23.1 Å². The number of rotatable bonds is 3. The van der Waals surface area contributed by atoms with Crippen molar-refractivity contribution in [3.05, 3.63) is 18.0 Å². The summed E-state index contributed by atoms with van der Waals surface area (Å²) in [6.07, 6.45) is 6.09. The highest BCUT2D eigenvalue weighted by Crippen LogP contribution is 2.36. The fraction of sp³-hybridized carbons (Fsp3) is 0.583. The van der Waals surface area contributed by atoms with Gasteiger partial charge in [0.2, 0.25) is 0 Å². The predicted octanol–water partition coefficient (Wildman–Crippen LogP) is 1.18. The molecular formula is C12H16N2O3. The first-order valence-corrected chi connectivity index (χ1v) is 5.79. The van der Waals surface area contributed by atoms with E-state index in [0.29, 0.717) is 12.8 Å². The van der Waals surface area contributed by atoms with Crippen LogP contribution >= 0.6 is 0 Å². The molecular weight excluding hydrogens is 220 g/mol. The Morgan fingerprint density at radius 2 is 2.35 bits per heavy atom. The van der Waals surface area contributed by atoms with Gasteiger partial charge in [0.1, 0.15) is 5.41 Å². The van der Waals surface area contributed by atoms with Gasteiger partial charge >= 0.3 is 5.97 Å². The van der Waals surface area contributed by atoms with E-state index in [0.717, 1.165) is 18.4 Å². The number of carbonyl (C=O) groups is 2. The molecule has 17 heavy (non-hydrogen) atoms. The van der Waals surface area contributed by atoms with E-state index in [4.69, 9.17) is 0 Å². The molecule has 0 spiro atoms. The highest BCUT2D eigenvalue weighted by Gasteiger charge is 2.46. The second-order valence-electron chi connectivity index (χ2n) is 4.72. The number of aryl methyl sites for hydroxylation is 1. The maximum atomic E-state index is 12.0. The zero-order valence-corrected chi connectivity index (χ0v) is 9.85. The zero-order valence-electron chi connectivity index (χ0n) is 9.85. The van der Waals surface area contributed by atoms with Crippen LogP contribution in [0.5, 0.6) is 0 Å². The van der Waals surface area contributed by atoms with Crippen LogP contribution in [0.3, 0.4) is 0 Å². The molecule has 0 saturated heterocycles. The summed E-state index contributed by atoms with van der Waals surface area (Å²) in [6.45, 7) is 0. The molecule has 0 aromatic carbocycles. The van der Waals surface area contributed by atoms with E-state index < -0.39 is 11.4 Å². The van der Waals surface area contributed by atoms with Gasteiger partial charge in [-0.3, -0.25) is 14.3 Å². The van der Waals surface area contributed by atoms with Crippen LogP contribution in [0, 0.1) is 5.41 Å². The molecule has 0 aliphatic heterocycles. The summed E-state index contributed by atoms with van der Waals surface area (Å²) in [5, 5.41) is 13.4. The lowest BCUT2D eigenvalue weighted by Gasteiger charge is -2.31. The molecule has 1 unspecified atom stereocenters. The number of aliphatic carboxylic acids is 1. The normalized spacial score (nSPS) is 24.9. The van der Waals surface area contributed by atoms with Gasteiger partial charge < -0.3 is 5.11 Å². The Balaban J connectivity index is 2.28. The molecule has 1 aliphatic carbocycles. The fourth-order valence-electron chi connectivity index (χ4n) is 2.49. The quantitative estimate of drug-likeness (QED) is 0.800. The number of carboxylic acids is 1. The van der Waals surface area contributed by atoms with E-state index in [2.05, 4.69) is 5.10 Å². The Labute approximate surface area is 99.4 Å². The molecule has 1 N–H and O–H groups in total. The van der Waals surface area contributed by atoms with E-state index in [-0.39, 0.29) is 12.2 Å². The van der Waals surface area contributed by atoms with Gasteiger partial charge in [-0.2, -0.15) is 5.10 Å². The van der Waals surface area contributed by atoms with Crippen LogP contribution in [0.1, 0.15) is 31.2 Å². The van der Waals surface area contributed by atoms with Crippen molar-refractivity contribution in [1.82, 2.24) is 9.78 Å². The summed E-state index contributed by atoms with van der Waals surface area (Å²) in [7, 11) is 1.78. The fourth-order valence-corrected chi connectivity index (χ4v) is 2.49. The number of hydrogen-bond acceptors (Lipinski definition) is 3. The van der Waals surface area contributed by atoms with Crippen molar-refractivity contribution in [2.45, 2.75) is 32.1 Å². The molecule has 92 valence electrons. The third-order valence-corrected chi connectivity index (χ3v) is 3.46. The Hall–Kier alpha value is -1.65. The molecule has 1 aromatic heterocycles. The lowest BCUT2D eigenvalue weighted by atomic mass is 9.70.